The Morgan fingerprint density at radius 1 is 1.29 bits per heavy atom. The summed E-state index contributed by atoms with van der Waals surface area (Å²) in [4.78, 5) is 35.8. The Kier molecular flexibility index (Phi) is 4.57. The number of furan rings is 1. The number of ketones is 1. The average Bonchev–Trinajstić information content (AvgIpc) is 3.48. The average molecular weight is 456 g/mol. The SMILES string of the molecule is O=C(C1=C(O)C(=O)N(c2nc3cc(Cl)c(F)cc3s2)C1c1cccnc1)c1ccco1. The summed E-state index contributed by atoms with van der Waals surface area (Å²) < 4.78 is 19.5. The smallest absolute Gasteiger partial charge is 0.296 e. The van der Waals surface area contributed by atoms with E-state index in [0.717, 1.165) is 11.3 Å². The van der Waals surface area contributed by atoms with E-state index in [-0.39, 0.29) is 21.5 Å². The fourth-order valence-electron chi connectivity index (χ4n) is 3.44. The zero-order valence-corrected chi connectivity index (χ0v) is 17.0. The minimum atomic E-state index is -1.00. The number of carbonyl (C=O) groups excluding carboxylic acids is 2. The molecule has 10 heteroatoms. The van der Waals surface area contributed by atoms with Crippen molar-refractivity contribution < 1.29 is 23.5 Å². The number of aliphatic hydroxyl groups is 1. The van der Waals surface area contributed by atoms with Crippen LogP contribution < -0.4 is 4.90 Å². The van der Waals surface area contributed by atoms with Gasteiger partial charge in [-0.2, -0.15) is 0 Å². The highest BCUT2D eigenvalue weighted by molar-refractivity contribution is 7.22. The van der Waals surface area contributed by atoms with Crippen molar-refractivity contribution >= 4 is 50.0 Å². The molecule has 154 valence electrons. The van der Waals surface area contributed by atoms with E-state index in [1.807, 2.05) is 0 Å². The summed E-state index contributed by atoms with van der Waals surface area (Å²) in [6.45, 7) is 0. The van der Waals surface area contributed by atoms with Gasteiger partial charge in [-0.3, -0.25) is 19.5 Å². The molecule has 0 aliphatic carbocycles. The molecule has 1 aliphatic heterocycles. The van der Waals surface area contributed by atoms with Crippen LogP contribution in [0.4, 0.5) is 9.52 Å². The van der Waals surface area contributed by atoms with E-state index >= 15 is 0 Å². The maximum atomic E-state index is 13.9. The molecule has 1 atom stereocenters. The van der Waals surface area contributed by atoms with Crippen molar-refractivity contribution in [2.75, 3.05) is 4.90 Å². The lowest BCUT2D eigenvalue weighted by Crippen LogP contribution is -2.31. The maximum absolute atomic E-state index is 13.9. The summed E-state index contributed by atoms with van der Waals surface area (Å²) in [6.07, 6.45) is 4.36. The highest BCUT2D eigenvalue weighted by atomic mass is 35.5. The summed E-state index contributed by atoms with van der Waals surface area (Å²) in [5, 5.41) is 10.7. The first-order chi connectivity index (χ1) is 15.0. The number of halogens is 2. The number of benzene rings is 1. The number of anilines is 1. The van der Waals surface area contributed by atoms with Crippen LogP contribution in [-0.2, 0) is 4.79 Å². The third-order valence-corrected chi connectivity index (χ3v) is 6.13. The van der Waals surface area contributed by atoms with Crippen LogP contribution in [0, 0.1) is 5.82 Å². The van der Waals surface area contributed by atoms with Gasteiger partial charge in [0.25, 0.3) is 5.91 Å². The fourth-order valence-corrected chi connectivity index (χ4v) is 4.60. The first-order valence-electron chi connectivity index (χ1n) is 8.96. The minimum absolute atomic E-state index is 0.0248. The Bertz CT molecular complexity index is 1330. The quantitative estimate of drug-likeness (QED) is 0.441. The monoisotopic (exact) mass is 455 g/mol. The normalized spacial score (nSPS) is 16.5. The maximum Gasteiger partial charge on any atom is 0.296 e. The van der Waals surface area contributed by atoms with Gasteiger partial charge in [0.15, 0.2) is 16.7 Å². The molecule has 0 saturated carbocycles. The van der Waals surface area contributed by atoms with E-state index in [0.29, 0.717) is 15.8 Å². The van der Waals surface area contributed by atoms with Crippen molar-refractivity contribution in [1.29, 1.82) is 0 Å². The molecule has 3 aromatic heterocycles. The predicted molar refractivity (Wildman–Crippen MR) is 112 cm³/mol. The number of hydrogen-bond donors (Lipinski definition) is 1. The molecule has 1 N–H and O–H groups in total. The first kappa shape index (κ1) is 19.4. The topological polar surface area (TPSA) is 96.5 Å². The van der Waals surface area contributed by atoms with E-state index < -0.39 is 29.3 Å². The van der Waals surface area contributed by atoms with E-state index in [1.54, 1.807) is 18.3 Å². The van der Waals surface area contributed by atoms with Gasteiger partial charge in [-0.15, -0.1) is 0 Å². The molecule has 0 saturated heterocycles. The highest BCUT2D eigenvalue weighted by Gasteiger charge is 2.46. The summed E-state index contributed by atoms with van der Waals surface area (Å²) in [6, 6.07) is 7.88. The number of rotatable bonds is 4. The number of aromatic nitrogens is 2. The molecule has 31 heavy (non-hydrogen) atoms. The molecule has 1 unspecified atom stereocenters. The number of thiazole rings is 1. The molecule has 5 rings (SSSR count). The van der Waals surface area contributed by atoms with Gasteiger partial charge in [0, 0.05) is 12.4 Å². The van der Waals surface area contributed by atoms with Crippen molar-refractivity contribution in [3.8, 4) is 0 Å². The van der Waals surface area contributed by atoms with Gasteiger partial charge in [0.2, 0.25) is 5.78 Å². The predicted octanol–water partition coefficient (Wildman–Crippen LogP) is 4.86. The number of hydrogen-bond acceptors (Lipinski definition) is 7. The second kappa shape index (κ2) is 7.29. The van der Waals surface area contributed by atoms with E-state index in [9.17, 15) is 19.1 Å². The molecule has 0 radical (unpaired) electrons. The first-order valence-corrected chi connectivity index (χ1v) is 10.2. The van der Waals surface area contributed by atoms with Crippen molar-refractivity contribution in [2.24, 2.45) is 0 Å². The molecule has 1 aliphatic rings. The number of amides is 1. The van der Waals surface area contributed by atoms with Crippen LogP contribution in [0.5, 0.6) is 0 Å². The molecule has 4 aromatic rings. The van der Waals surface area contributed by atoms with Crippen molar-refractivity contribution in [2.45, 2.75) is 6.04 Å². The van der Waals surface area contributed by atoms with Gasteiger partial charge in [-0.05, 0) is 35.9 Å². The zero-order valence-electron chi connectivity index (χ0n) is 15.5. The van der Waals surface area contributed by atoms with Gasteiger partial charge in [-0.1, -0.05) is 29.0 Å². The summed E-state index contributed by atoms with van der Waals surface area (Å²) >= 11 is 6.89. The third kappa shape index (κ3) is 3.09. The van der Waals surface area contributed by atoms with Crippen LogP contribution in [-0.4, -0.2) is 26.8 Å². The molecule has 1 amide bonds. The van der Waals surface area contributed by atoms with E-state index in [4.69, 9.17) is 16.0 Å². The van der Waals surface area contributed by atoms with Crippen LogP contribution >= 0.6 is 22.9 Å². The molecular weight excluding hydrogens is 445 g/mol. The molecule has 7 nitrogen and oxygen atoms in total. The Labute approximate surface area is 183 Å². The van der Waals surface area contributed by atoms with Gasteiger partial charge in [-0.25, -0.2) is 9.37 Å². The number of pyridine rings is 1. The summed E-state index contributed by atoms with van der Waals surface area (Å²) in [7, 11) is 0. The number of carbonyl (C=O) groups is 2. The third-order valence-electron chi connectivity index (χ3n) is 4.82. The molecule has 1 aromatic carbocycles. The van der Waals surface area contributed by atoms with Gasteiger partial charge in [0.1, 0.15) is 5.82 Å². The van der Waals surface area contributed by atoms with Crippen LogP contribution in [0.3, 0.4) is 0 Å². The zero-order chi connectivity index (χ0) is 21.7. The van der Waals surface area contributed by atoms with Gasteiger partial charge >= 0.3 is 0 Å². The second-order valence-corrected chi connectivity index (χ2v) is 8.08. The molecular formula is C21H11ClFN3O4S. The van der Waals surface area contributed by atoms with Crippen molar-refractivity contribution in [3.63, 3.8) is 0 Å². The molecule has 4 heterocycles. The lowest BCUT2D eigenvalue weighted by atomic mass is 9.96. The Hall–Kier alpha value is -3.56. The standard InChI is InChI=1S/C21H11ClFN3O4S/c22-11-7-13-15(8-12(11)23)31-21(25-13)26-17(10-3-1-5-24-9-10)16(19(28)20(26)29)18(27)14-4-2-6-30-14/h1-9,17,28H. The van der Waals surface area contributed by atoms with Crippen LogP contribution in [0.25, 0.3) is 10.2 Å². The lowest BCUT2D eigenvalue weighted by molar-refractivity contribution is -0.117. The van der Waals surface area contributed by atoms with E-state index in [2.05, 4.69) is 9.97 Å². The largest absolute Gasteiger partial charge is 0.503 e. The van der Waals surface area contributed by atoms with Crippen LogP contribution in [0.1, 0.15) is 22.2 Å². The van der Waals surface area contributed by atoms with Crippen LogP contribution in [0.2, 0.25) is 5.02 Å². The number of aliphatic hydroxyl groups excluding tert-OH is 1. The summed E-state index contributed by atoms with van der Waals surface area (Å²) in [5.41, 5.74) is 0.712. The van der Waals surface area contributed by atoms with Gasteiger partial charge < -0.3 is 9.52 Å². The number of fused-ring (bicyclic) bond motifs is 1. The number of Topliss-reactive ketones (excluding diaryl/α,β-unsaturated/α-hetero) is 1. The minimum Gasteiger partial charge on any atom is -0.503 e. The Morgan fingerprint density at radius 3 is 2.84 bits per heavy atom. The Balaban J connectivity index is 1.68. The molecule has 0 bridgehead atoms. The molecule has 0 spiro atoms. The van der Waals surface area contributed by atoms with Crippen molar-refractivity contribution in [3.05, 3.63) is 88.6 Å². The highest BCUT2D eigenvalue weighted by Crippen LogP contribution is 2.44. The van der Waals surface area contributed by atoms with Gasteiger partial charge in [0.05, 0.1) is 33.1 Å². The van der Waals surface area contributed by atoms with Crippen LogP contribution in [0.15, 0.2) is 70.8 Å². The molecule has 0 fully saturated rings. The fraction of sp³-hybridized carbons (Fsp3) is 0.0476. The van der Waals surface area contributed by atoms with Crippen molar-refractivity contribution in [1.82, 2.24) is 9.97 Å². The number of nitrogens with zero attached hydrogens (tertiary/aromatic N) is 3. The second-order valence-electron chi connectivity index (χ2n) is 6.66. The Morgan fingerprint density at radius 2 is 2.13 bits per heavy atom. The van der Waals surface area contributed by atoms with E-state index in [1.165, 1.54) is 41.6 Å². The summed E-state index contributed by atoms with van der Waals surface area (Å²) in [5.74, 6) is -2.80. The lowest BCUT2D eigenvalue weighted by Gasteiger charge is -2.23.